The van der Waals surface area contributed by atoms with Crippen molar-refractivity contribution in [2.24, 2.45) is 7.05 Å². The Hall–Kier alpha value is -3.96. The van der Waals surface area contributed by atoms with E-state index in [-0.39, 0.29) is 37.8 Å². The maximum absolute atomic E-state index is 13.5. The van der Waals surface area contributed by atoms with Gasteiger partial charge in [0, 0.05) is 13.5 Å². The summed E-state index contributed by atoms with van der Waals surface area (Å²) >= 11 is 0. The highest BCUT2D eigenvalue weighted by Crippen LogP contribution is 2.37. The minimum absolute atomic E-state index is 0.0813. The number of aliphatic hydroxyl groups is 1. The standard InChI is InChI=1S/C35H48N4O8Si/c1-33(2,3)47-32(42)39-19-29(44-21-35(43,20-39)22-45-48(8,9)34(4,5)6)30(40)37-26(18-36)16-23-10-12-24(13-11-23)25-14-15-28-27(17-25)38(7)31(41)46-28/h10-15,17,26,29,43H,16,19-22H2,1-9H3,(H,37,40)/t26-,29-,35-/m0/s1. The highest BCUT2D eigenvalue weighted by atomic mass is 28.4. The van der Waals surface area contributed by atoms with Gasteiger partial charge in [0.05, 0.1) is 37.9 Å². The lowest BCUT2D eigenvalue weighted by molar-refractivity contribution is -0.137. The fourth-order valence-electron chi connectivity index (χ4n) is 4.99. The van der Waals surface area contributed by atoms with Gasteiger partial charge < -0.3 is 33.6 Å². The Balaban J connectivity index is 1.46. The molecule has 2 amide bonds. The first-order chi connectivity index (χ1) is 22.2. The van der Waals surface area contributed by atoms with Crippen LogP contribution in [-0.2, 0) is 32.2 Å². The van der Waals surface area contributed by atoms with E-state index in [4.69, 9.17) is 18.3 Å². The Morgan fingerprint density at radius 1 is 1.12 bits per heavy atom. The number of hydrogen-bond acceptors (Lipinski definition) is 9. The fourth-order valence-corrected chi connectivity index (χ4v) is 6.05. The smallest absolute Gasteiger partial charge is 0.419 e. The zero-order valence-electron chi connectivity index (χ0n) is 29.4. The van der Waals surface area contributed by atoms with Gasteiger partial charge in [0.2, 0.25) is 0 Å². The number of ether oxygens (including phenoxy) is 2. The van der Waals surface area contributed by atoms with E-state index in [1.807, 2.05) is 36.4 Å². The number of aryl methyl sites for hydroxylation is 1. The summed E-state index contributed by atoms with van der Waals surface area (Å²) in [5.41, 5.74) is 1.42. The average molecular weight is 681 g/mol. The van der Waals surface area contributed by atoms with Crippen LogP contribution in [-0.4, -0.2) is 84.5 Å². The van der Waals surface area contributed by atoms with Crippen molar-refractivity contribution in [2.45, 2.75) is 89.4 Å². The summed E-state index contributed by atoms with van der Waals surface area (Å²) in [5, 5.41) is 24.2. The van der Waals surface area contributed by atoms with Crippen LogP contribution >= 0.6 is 0 Å². The van der Waals surface area contributed by atoms with E-state index >= 15 is 0 Å². The number of β-amino-alcohol motifs (C(OH)–C–C–N with tert-alkyl or cyclic N) is 1. The maximum atomic E-state index is 13.5. The molecular weight excluding hydrogens is 632 g/mol. The SMILES string of the molecule is Cn1c(=O)oc2ccc(-c3ccc(C[C@@H](C#N)NC(=O)[C@@H]4CN(C(=O)OC(C)(C)C)C[C@@](O)(CO[Si](C)(C)C(C)(C)C)CO4)cc3)cc21. The lowest BCUT2D eigenvalue weighted by Crippen LogP contribution is -2.53. The zero-order valence-corrected chi connectivity index (χ0v) is 30.4. The van der Waals surface area contributed by atoms with Gasteiger partial charge in [0.25, 0.3) is 5.91 Å². The number of oxazole rings is 1. The predicted octanol–water partition coefficient (Wildman–Crippen LogP) is 4.74. The topological polar surface area (TPSA) is 156 Å². The molecule has 0 spiro atoms. The number of benzene rings is 2. The van der Waals surface area contributed by atoms with Crippen molar-refractivity contribution in [3.8, 4) is 17.2 Å². The number of nitrogens with zero attached hydrogens (tertiary/aromatic N) is 3. The van der Waals surface area contributed by atoms with E-state index in [2.05, 4.69) is 45.3 Å². The molecule has 4 rings (SSSR count). The summed E-state index contributed by atoms with van der Waals surface area (Å²) < 4.78 is 24.5. The molecule has 0 saturated carbocycles. The normalized spacial score (nSPS) is 19.8. The molecule has 1 fully saturated rings. The van der Waals surface area contributed by atoms with Crippen LogP contribution in [0.25, 0.3) is 22.2 Å². The number of rotatable bonds is 8. The van der Waals surface area contributed by atoms with E-state index in [0.717, 1.165) is 16.7 Å². The first kappa shape index (κ1) is 36.9. The number of aromatic nitrogens is 1. The van der Waals surface area contributed by atoms with Crippen LogP contribution in [0, 0.1) is 11.3 Å². The number of nitrogens with one attached hydrogen (secondary N) is 1. The fraction of sp³-hybridized carbons (Fsp3) is 0.543. The van der Waals surface area contributed by atoms with Crippen LogP contribution in [0.1, 0.15) is 47.1 Å². The minimum Gasteiger partial charge on any atom is -0.444 e. The lowest BCUT2D eigenvalue weighted by atomic mass is 10.0. The second-order valence-electron chi connectivity index (χ2n) is 15.1. The highest BCUT2D eigenvalue weighted by Gasteiger charge is 2.44. The molecule has 2 N–H and O–H groups in total. The maximum Gasteiger partial charge on any atom is 0.419 e. The molecule has 1 aliphatic heterocycles. The molecule has 13 heteroatoms. The van der Waals surface area contributed by atoms with Crippen molar-refractivity contribution in [1.82, 2.24) is 14.8 Å². The van der Waals surface area contributed by atoms with Crippen LogP contribution in [0.5, 0.6) is 0 Å². The molecule has 260 valence electrons. The van der Waals surface area contributed by atoms with Crippen molar-refractivity contribution in [2.75, 3.05) is 26.3 Å². The van der Waals surface area contributed by atoms with Gasteiger partial charge in [-0.05, 0) is 67.7 Å². The van der Waals surface area contributed by atoms with Gasteiger partial charge in [0.1, 0.15) is 17.2 Å². The van der Waals surface area contributed by atoms with Crippen LogP contribution in [0.4, 0.5) is 4.79 Å². The molecule has 0 aliphatic carbocycles. The monoisotopic (exact) mass is 680 g/mol. The van der Waals surface area contributed by atoms with Crippen molar-refractivity contribution in [3.05, 3.63) is 58.6 Å². The number of hydrogen-bond donors (Lipinski definition) is 2. The summed E-state index contributed by atoms with van der Waals surface area (Å²) in [7, 11) is -0.610. The lowest BCUT2D eigenvalue weighted by Gasteiger charge is -2.39. The second-order valence-corrected chi connectivity index (χ2v) is 19.9. The van der Waals surface area contributed by atoms with Gasteiger partial charge in [-0.1, -0.05) is 51.1 Å². The summed E-state index contributed by atoms with van der Waals surface area (Å²) in [6.07, 6.45) is -1.63. The van der Waals surface area contributed by atoms with E-state index < -0.39 is 49.4 Å². The van der Waals surface area contributed by atoms with Crippen molar-refractivity contribution in [3.63, 3.8) is 0 Å². The molecule has 2 heterocycles. The molecule has 0 bridgehead atoms. The Morgan fingerprint density at radius 3 is 2.38 bits per heavy atom. The first-order valence-corrected chi connectivity index (χ1v) is 19.0. The molecular formula is C35H48N4O8Si. The third kappa shape index (κ3) is 8.93. The molecule has 1 aliphatic rings. The van der Waals surface area contributed by atoms with Gasteiger partial charge in [-0.2, -0.15) is 5.26 Å². The molecule has 2 aromatic carbocycles. The Bertz CT molecular complexity index is 1730. The molecule has 3 atom stereocenters. The number of carbonyl (C=O) groups is 2. The van der Waals surface area contributed by atoms with Gasteiger partial charge >= 0.3 is 11.8 Å². The van der Waals surface area contributed by atoms with Crippen LogP contribution in [0.3, 0.4) is 0 Å². The number of nitriles is 1. The summed E-state index contributed by atoms with van der Waals surface area (Å²) in [5.74, 6) is -1.01. The highest BCUT2D eigenvalue weighted by molar-refractivity contribution is 6.74. The molecule has 12 nitrogen and oxygen atoms in total. The largest absolute Gasteiger partial charge is 0.444 e. The van der Waals surface area contributed by atoms with E-state index in [1.165, 1.54) is 9.47 Å². The van der Waals surface area contributed by atoms with Crippen molar-refractivity contribution in [1.29, 1.82) is 5.26 Å². The van der Waals surface area contributed by atoms with E-state index in [1.54, 1.807) is 33.9 Å². The predicted molar refractivity (Wildman–Crippen MR) is 184 cm³/mol. The first-order valence-electron chi connectivity index (χ1n) is 16.0. The molecule has 0 radical (unpaired) electrons. The van der Waals surface area contributed by atoms with Gasteiger partial charge in [-0.3, -0.25) is 9.36 Å². The van der Waals surface area contributed by atoms with Crippen LogP contribution < -0.4 is 11.1 Å². The number of amides is 2. The molecule has 1 aromatic heterocycles. The molecule has 48 heavy (non-hydrogen) atoms. The molecule has 1 saturated heterocycles. The van der Waals surface area contributed by atoms with E-state index in [0.29, 0.717) is 11.1 Å². The average Bonchev–Trinajstić information content (AvgIpc) is 3.15. The second kappa shape index (κ2) is 13.9. The van der Waals surface area contributed by atoms with Gasteiger partial charge in [-0.25, -0.2) is 9.59 Å². The molecule has 3 aromatic rings. The quantitative estimate of drug-likeness (QED) is 0.321. The van der Waals surface area contributed by atoms with Crippen LogP contribution in [0.15, 0.2) is 51.7 Å². The van der Waals surface area contributed by atoms with E-state index in [9.17, 15) is 24.8 Å². The molecule has 0 unspecified atom stereocenters. The van der Waals surface area contributed by atoms with Crippen molar-refractivity contribution >= 4 is 31.4 Å². The Labute approximate surface area is 282 Å². The Morgan fingerprint density at radius 2 is 1.77 bits per heavy atom. The summed E-state index contributed by atoms with van der Waals surface area (Å²) in [6, 6.07) is 14.3. The van der Waals surface area contributed by atoms with Gasteiger partial charge in [-0.15, -0.1) is 0 Å². The summed E-state index contributed by atoms with van der Waals surface area (Å²) in [4.78, 5) is 39.8. The Kier molecular flexibility index (Phi) is 10.7. The van der Waals surface area contributed by atoms with Crippen LogP contribution in [0.2, 0.25) is 18.1 Å². The number of fused-ring (bicyclic) bond motifs is 1. The zero-order chi connectivity index (χ0) is 35.7. The van der Waals surface area contributed by atoms with Crippen molar-refractivity contribution < 1.29 is 33.0 Å². The van der Waals surface area contributed by atoms with Gasteiger partial charge in [0.15, 0.2) is 20.0 Å². The third-order valence-electron chi connectivity index (χ3n) is 8.87. The minimum atomic E-state index is -2.26. The number of carbonyl (C=O) groups excluding carboxylic acids is 2. The summed E-state index contributed by atoms with van der Waals surface area (Å²) in [6.45, 7) is 14.9. The third-order valence-corrected chi connectivity index (χ3v) is 13.3.